The monoisotopic (exact) mass is 569 g/mol. The van der Waals surface area contributed by atoms with E-state index >= 15 is 0 Å². The molecule has 0 amide bonds. The first-order valence-corrected chi connectivity index (χ1v) is 14.2. The minimum Gasteiger partial charge on any atom is -0.465 e. The van der Waals surface area contributed by atoms with E-state index in [4.69, 9.17) is 10.5 Å². The van der Waals surface area contributed by atoms with Gasteiger partial charge in [-0.05, 0) is 49.7 Å². The molecule has 11 heteroatoms. The third-order valence-corrected chi connectivity index (χ3v) is 8.01. The van der Waals surface area contributed by atoms with Gasteiger partial charge in [0.15, 0.2) is 0 Å². The summed E-state index contributed by atoms with van der Waals surface area (Å²) in [6.45, 7) is 7.94. The van der Waals surface area contributed by atoms with Gasteiger partial charge in [-0.15, -0.1) is 22.7 Å². The number of aryl methyl sites for hydroxylation is 2. The van der Waals surface area contributed by atoms with Crippen molar-refractivity contribution in [3.05, 3.63) is 31.6 Å². The Labute approximate surface area is 234 Å². The maximum atomic E-state index is 11.8. The van der Waals surface area contributed by atoms with Crippen LogP contribution in [0, 0.1) is 11.8 Å². The van der Waals surface area contributed by atoms with Gasteiger partial charge in [-0.2, -0.15) is 0 Å². The number of esters is 2. The van der Waals surface area contributed by atoms with Gasteiger partial charge < -0.3 is 30.3 Å². The molecule has 0 bridgehead atoms. The third-order valence-electron chi connectivity index (χ3n) is 5.66. The third kappa shape index (κ3) is 11.1. The molecule has 2 heterocycles. The lowest BCUT2D eigenvalue weighted by atomic mass is 10.0. The quantitative estimate of drug-likeness (QED) is 0.189. The Balaban J connectivity index is 0.000000389. The first kappa shape index (κ1) is 33.6. The molecular weight excluding hydrogens is 526 g/mol. The molecule has 0 aliphatic rings. The second-order valence-electron chi connectivity index (χ2n) is 9.82. The van der Waals surface area contributed by atoms with Gasteiger partial charge in [0.1, 0.15) is 9.75 Å². The van der Waals surface area contributed by atoms with Crippen LogP contribution in [0.5, 0.6) is 0 Å². The molecule has 2 aromatic rings. The van der Waals surface area contributed by atoms with E-state index in [-0.39, 0.29) is 30.0 Å². The van der Waals surface area contributed by atoms with Crippen molar-refractivity contribution < 1.29 is 29.3 Å². The first-order valence-electron chi connectivity index (χ1n) is 12.5. The fourth-order valence-corrected chi connectivity index (χ4v) is 5.19. The van der Waals surface area contributed by atoms with Crippen molar-refractivity contribution in [3.8, 4) is 0 Å². The standard InChI is InChI=1S/C15H24N2O3S.C12H19NO3S/c1-10(2)13(18)7-6-11-8-12(16-9-17(3)4)14(21-11)15(19)20-5;1-7(2)10(14)5-4-8-6-9(13)11(17-8)12(15)16-3/h8-10,13,18H,6-7H2,1-5H3;6-7,10,14H,4-5,13H2,1-3H3. The number of nitrogen functional groups attached to an aromatic ring is 1. The molecule has 0 saturated carbocycles. The summed E-state index contributed by atoms with van der Waals surface area (Å²) in [5, 5.41) is 19.6. The maximum absolute atomic E-state index is 11.8. The largest absolute Gasteiger partial charge is 0.465 e. The summed E-state index contributed by atoms with van der Waals surface area (Å²) in [6, 6.07) is 3.67. The van der Waals surface area contributed by atoms with Crippen LogP contribution in [0.15, 0.2) is 17.1 Å². The van der Waals surface area contributed by atoms with E-state index in [1.807, 2.05) is 47.9 Å². The summed E-state index contributed by atoms with van der Waals surface area (Å²) >= 11 is 2.71. The minimum atomic E-state index is -0.400. The number of hydrogen-bond acceptors (Lipinski definition) is 10. The highest BCUT2D eigenvalue weighted by atomic mass is 32.1. The molecule has 2 aromatic heterocycles. The first-order chi connectivity index (χ1) is 17.8. The molecule has 2 rings (SSSR count). The number of thiophene rings is 2. The zero-order valence-corrected chi connectivity index (χ0v) is 25.3. The Morgan fingerprint density at radius 3 is 1.82 bits per heavy atom. The van der Waals surface area contributed by atoms with E-state index in [2.05, 4.69) is 9.73 Å². The Hall–Kier alpha value is -2.47. The number of methoxy groups -OCH3 is 2. The molecule has 0 aliphatic carbocycles. The maximum Gasteiger partial charge on any atom is 0.350 e. The fourth-order valence-electron chi connectivity index (χ4n) is 3.15. The second-order valence-corrected chi connectivity index (χ2v) is 12.1. The molecule has 38 heavy (non-hydrogen) atoms. The molecule has 214 valence electrons. The van der Waals surface area contributed by atoms with Crippen molar-refractivity contribution in [3.63, 3.8) is 0 Å². The highest BCUT2D eigenvalue weighted by Crippen LogP contribution is 2.32. The van der Waals surface area contributed by atoms with Crippen LogP contribution in [-0.4, -0.2) is 73.9 Å². The average molecular weight is 570 g/mol. The molecule has 0 aliphatic heterocycles. The molecule has 4 N–H and O–H groups in total. The van der Waals surface area contributed by atoms with Crippen LogP contribution in [0.3, 0.4) is 0 Å². The van der Waals surface area contributed by atoms with Gasteiger partial charge in [-0.25, -0.2) is 14.6 Å². The minimum absolute atomic E-state index is 0.233. The number of aliphatic hydroxyl groups excluding tert-OH is 2. The molecule has 0 radical (unpaired) electrons. The van der Waals surface area contributed by atoms with Gasteiger partial charge in [0, 0.05) is 23.8 Å². The Morgan fingerprint density at radius 2 is 1.37 bits per heavy atom. The Morgan fingerprint density at radius 1 is 0.921 bits per heavy atom. The number of hydrogen-bond donors (Lipinski definition) is 3. The number of anilines is 1. The molecule has 2 atom stereocenters. The Kier molecular flexibility index (Phi) is 14.6. The number of carbonyl (C=O) groups is 2. The highest BCUT2D eigenvalue weighted by molar-refractivity contribution is 7.14. The molecule has 9 nitrogen and oxygen atoms in total. The molecular formula is C27H43N3O6S2. The SMILES string of the molecule is COC(=O)c1sc(CCC(O)C(C)C)cc1N.COC(=O)c1sc(CCC(O)C(C)C)cc1N=CN(C)C. The zero-order chi connectivity index (χ0) is 29.0. The van der Waals surface area contributed by atoms with Gasteiger partial charge in [-0.1, -0.05) is 27.7 Å². The van der Waals surface area contributed by atoms with Gasteiger partial charge in [0.2, 0.25) is 0 Å². The molecule has 0 fully saturated rings. The van der Waals surface area contributed by atoms with E-state index in [0.717, 1.165) is 22.6 Å². The van der Waals surface area contributed by atoms with E-state index in [0.29, 0.717) is 34.0 Å². The summed E-state index contributed by atoms with van der Waals surface area (Å²) in [5.74, 6) is -0.298. The summed E-state index contributed by atoms with van der Waals surface area (Å²) in [7, 11) is 6.44. The summed E-state index contributed by atoms with van der Waals surface area (Å²) in [4.78, 5) is 32.2. The lowest BCUT2D eigenvalue weighted by Gasteiger charge is -2.12. The van der Waals surface area contributed by atoms with Crippen LogP contribution in [0.1, 0.15) is 69.6 Å². The van der Waals surface area contributed by atoms with Gasteiger partial charge in [0.05, 0.1) is 44.1 Å². The number of aliphatic hydroxyl groups is 2. The topological polar surface area (TPSA) is 135 Å². The normalized spacial score (nSPS) is 12.8. The van der Waals surface area contributed by atoms with E-state index in [9.17, 15) is 19.8 Å². The van der Waals surface area contributed by atoms with Crippen molar-refractivity contribution in [1.82, 2.24) is 4.90 Å². The summed E-state index contributed by atoms with van der Waals surface area (Å²) in [6.07, 6.45) is 3.81. The number of nitrogens with zero attached hydrogens (tertiary/aromatic N) is 2. The van der Waals surface area contributed by atoms with Gasteiger partial charge >= 0.3 is 11.9 Å². The van der Waals surface area contributed by atoms with Crippen LogP contribution >= 0.6 is 22.7 Å². The summed E-state index contributed by atoms with van der Waals surface area (Å²) < 4.78 is 9.43. The van der Waals surface area contributed by atoms with Gasteiger partial charge in [0.25, 0.3) is 0 Å². The smallest absolute Gasteiger partial charge is 0.350 e. The lowest BCUT2D eigenvalue weighted by molar-refractivity contribution is 0.0598. The highest BCUT2D eigenvalue weighted by Gasteiger charge is 2.18. The van der Waals surface area contributed by atoms with Crippen LogP contribution in [0.2, 0.25) is 0 Å². The van der Waals surface area contributed by atoms with Crippen molar-refractivity contribution in [2.45, 2.75) is 65.6 Å². The van der Waals surface area contributed by atoms with Crippen LogP contribution in [0.4, 0.5) is 11.4 Å². The summed E-state index contributed by atoms with van der Waals surface area (Å²) in [5.41, 5.74) is 6.81. The number of ether oxygens (including phenoxy) is 2. The number of rotatable bonds is 12. The average Bonchev–Trinajstić information content (AvgIpc) is 3.46. The fraction of sp³-hybridized carbons (Fsp3) is 0.593. The van der Waals surface area contributed by atoms with Crippen molar-refractivity contribution in [2.75, 3.05) is 34.0 Å². The molecule has 0 spiro atoms. The van der Waals surface area contributed by atoms with Crippen LogP contribution in [0.25, 0.3) is 0 Å². The predicted molar refractivity (Wildman–Crippen MR) is 156 cm³/mol. The van der Waals surface area contributed by atoms with E-state index < -0.39 is 5.97 Å². The Bertz CT molecular complexity index is 1050. The second kappa shape index (κ2) is 16.5. The van der Waals surface area contributed by atoms with Crippen molar-refractivity contribution in [1.29, 1.82) is 0 Å². The molecule has 2 unspecified atom stereocenters. The van der Waals surface area contributed by atoms with Crippen LogP contribution < -0.4 is 5.73 Å². The van der Waals surface area contributed by atoms with Crippen molar-refractivity contribution in [2.24, 2.45) is 16.8 Å². The molecule has 0 aromatic carbocycles. The van der Waals surface area contributed by atoms with Crippen molar-refractivity contribution >= 4 is 52.3 Å². The molecule has 0 saturated heterocycles. The number of carbonyl (C=O) groups excluding carboxylic acids is 2. The predicted octanol–water partition coefficient (Wildman–Crippen LogP) is 4.77. The van der Waals surface area contributed by atoms with Crippen LogP contribution in [-0.2, 0) is 22.3 Å². The lowest BCUT2D eigenvalue weighted by Crippen LogP contribution is -2.14. The number of nitrogens with two attached hydrogens (primary N) is 1. The van der Waals surface area contributed by atoms with Gasteiger partial charge in [-0.3, -0.25) is 0 Å². The zero-order valence-electron chi connectivity index (χ0n) is 23.7. The van der Waals surface area contributed by atoms with E-state index in [1.165, 1.54) is 36.9 Å². The number of aliphatic imine (C=N–C) groups is 1. The van der Waals surface area contributed by atoms with E-state index in [1.54, 1.807) is 17.3 Å².